The Balaban J connectivity index is 2.10. The van der Waals surface area contributed by atoms with Crippen LogP contribution in [0, 0.1) is 5.92 Å². The molecule has 1 spiro atoms. The summed E-state index contributed by atoms with van der Waals surface area (Å²) < 4.78 is 6.51. The van der Waals surface area contributed by atoms with Crippen LogP contribution in [0.1, 0.15) is 45.4 Å². The van der Waals surface area contributed by atoms with Gasteiger partial charge in [0.05, 0.1) is 5.60 Å². The molecular formula is C12H24OSi. The van der Waals surface area contributed by atoms with Crippen molar-refractivity contribution in [1.29, 1.82) is 0 Å². The van der Waals surface area contributed by atoms with Crippen molar-refractivity contribution in [2.24, 2.45) is 5.92 Å². The van der Waals surface area contributed by atoms with Crippen molar-refractivity contribution < 1.29 is 4.43 Å². The molecule has 2 fully saturated rings. The van der Waals surface area contributed by atoms with Crippen LogP contribution in [-0.4, -0.2) is 13.9 Å². The smallest absolute Gasteiger partial charge is 0.187 e. The highest BCUT2D eigenvalue weighted by Gasteiger charge is 2.44. The molecule has 0 radical (unpaired) electrons. The molecule has 0 amide bonds. The fourth-order valence-corrected chi connectivity index (χ4v) is 7.08. The largest absolute Gasteiger partial charge is 0.412 e. The molecule has 0 bridgehead atoms. The summed E-state index contributed by atoms with van der Waals surface area (Å²) in [5.74, 6) is 0.906. The molecule has 2 heteroatoms. The van der Waals surface area contributed by atoms with Gasteiger partial charge in [-0.25, -0.2) is 0 Å². The van der Waals surface area contributed by atoms with Gasteiger partial charge in [0.1, 0.15) is 0 Å². The van der Waals surface area contributed by atoms with Gasteiger partial charge >= 0.3 is 0 Å². The maximum atomic E-state index is 6.51. The Bertz CT molecular complexity index is 206. The third-order valence-electron chi connectivity index (χ3n) is 3.82. The van der Waals surface area contributed by atoms with Crippen LogP contribution < -0.4 is 0 Å². The normalized spacial score (nSPS) is 35.8. The first-order valence-electron chi connectivity index (χ1n) is 6.22. The Morgan fingerprint density at radius 2 is 1.79 bits per heavy atom. The Morgan fingerprint density at radius 3 is 2.36 bits per heavy atom. The average Bonchev–Trinajstić information content (AvgIpc) is 2.00. The third kappa shape index (κ3) is 2.22. The molecule has 1 atom stereocenters. The lowest BCUT2D eigenvalue weighted by atomic mass is 9.79. The van der Waals surface area contributed by atoms with Gasteiger partial charge in [-0.3, -0.25) is 0 Å². The molecule has 2 rings (SSSR count). The minimum absolute atomic E-state index is 0.325. The lowest BCUT2D eigenvalue weighted by molar-refractivity contribution is -0.0140. The minimum atomic E-state index is -1.31. The van der Waals surface area contributed by atoms with Gasteiger partial charge in [0, 0.05) is 0 Å². The lowest BCUT2D eigenvalue weighted by Crippen LogP contribution is -2.51. The molecule has 14 heavy (non-hydrogen) atoms. The molecule has 1 nitrogen and oxygen atoms in total. The van der Waals surface area contributed by atoms with Crippen LogP contribution in [0.15, 0.2) is 0 Å². The van der Waals surface area contributed by atoms with Crippen LogP contribution in [0.3, 0.4) is 0 Å². The van der Waals surface area contributed by atoms with Crippen molar-refractivity contribution >= 4 is 8.32 Å². The van der Waals surface area contributed by atoms with E-state index in [1.807, 2.05) is 0 Å². The highest BCUT2D eigenvalue weighted by molar-refractivity contribution is 6.71. The quantitative estimate of drug-likeness (QED) is 0.552. The van der Waals surface area contributed by atoms with Crippen molar-refractivity contribution in [3.63, 3.8) is 0 Å². The van der Waals surface area contributed by atoms with Crippen LogP contribution in [0.4, 0.5) is 0 Å². The molecular weight excluding hydrogens is 188 g/mol. The highest BCUT2D eigenvalue weighted by atomic mass is 28.4. The molecule has 1 aliphatic carbocycles. The van der Waals surface area contributed by atoms with Crippen LogP contribution in [0.25, 0.3) is 0 Å². The van der Waals surface area contributed by atoms with E-state index in [0.29, 0.717) is 5.60 Å². The number of hydrogen-bond donors (Lipinski definition) is 0. The van der Waals surface area contributed by atoms with Gasteiger partial charge in [0.2, 0.25) is 0 Å². The molecule has 1 aliphatic heterocycles. The summed E-state index contributed by atoms with van der Waals surface area (Å²) in [6, 6.07) is 1.37. The average molecular weight is 212 g/mol. The second kappa shape index (κ2) is 3.64. The summed E-state index contributed by atoms with van der Waals surface area (Å²) in [7, 11) is -1.31. The Kier molecular flexibility index (Phi) is 2.78. The van der Waals surface area contributed by atoms with Crippen molar-refractivity contribution in [2.45, 2.75) is 70.2 Å². The molecule has 0 aromatic rings. The Morgan fingerprint density at radius 1 is 1.14 bits per heavy atom. The fourth-order valence-electron chi connectivity index (χ4n) is 3.72. The van der Waals surface area contributed by atoms with E-state index < -0.39 is 8.32 Å². The van der Waals surface area contributed by atoms with E-state index in [0.717, 1.165) is 5.92 Å². The monoisotopic (exact) mass is 212 g/mol. The first kappa shape index (κ1) is 10.7. The first-order valence-corrected chi connectivity index (χ1v) is 9.33. The van der Waals surface area contributed by atoms with E-state index in [1.165, 1.54) is 44.6 Å². The van der Waals surface area contributed by atoms with Gasteiger partial charge in [-0.2, -0.15) is 0 Å². The van der Waals surface area contributed by atoms with E-state index >= 15 is 0 Å². The van der Waals surface area contributed by atoms with Gasteiger partial charge in [-0.1, -0.05) is 26.2 Å². The SMILES string of the molecule is CC1CC2(CCCCC2)O[Si](C)(C)C1. The molecule has 82 valence electrons. The van der Waals surface area contributed by atoms with Crippen LogP contribution >= 0.6 is 0 Å². The van der Waals surface area contributed by atoms with Crippen LogP contribution in [0.2, 0.25) is 19.1 Å². The predicted octanol–water partition coefficient (Wildman–Crippen LogP) is 3.95. The molecule has 2 aliphatic rings. The zero-order valence-electron chi connectivity index (χ0n) is 9.94. The maximum Gasteiger partial charge on any atom is 0.187 e. The molecule has 1 unspecified atom stereocenters. The molecule has 1 saturated carbocycles. The van der Waals surface area contributed by atoms with E-state index in [4.69, 9.17) is 4.43 Å². The van der Waals surface area contributed by atoms with Crippen LogP contribution in [-0.2, 0) is 4.43 Å². The molecule has 1 saturated heterocycles. The van der Waals surface area contributed by atoms with E-state index in [9.17, 15) is 0 Å². The van der Waals surface area contributed by atoms with Gasteiger partial charge in [0.25, 0.3) is 0 Å². The Labute approximate surface area is 89.4 Å². The lowest BCUT2D eigenvalue weighted by Gasteiger charge is -2.49. The fraction of sp³-hybridized carbons (Fsp3) is 1.00. The number of rotatable bonds is 0. The van der Waals surface area contributed by atoms with Crippen molar-refractivity contribution in [1.82, 2.24) is 0 Å². The van der Waals surface area contributed by atoms with E-state index in [2.05, 4.69) is 20.0 Å². The standard InChI is InChI=1S/C12H24OSi/c1-11-9-12(7-5-4-6-8-12)13-14(2,3)10-11/h11H,4-10H2,1-3H3. The van der Waals surface area contributed by atoms with Gasteiger partial charge in [-0.15, -0.1) is 0 Å². The summed E-state index contributed by atoms with van der Waals surface area (Å²) >= 11 is 0. The molecule has 0 N–H and O–H groups in total. The zero-order chi connectivity index (χ0) is 10.2. The van der Waals surface area contributed by atoms with E-state index in [1.54, 1.807) is 0 Å². The van der Waals surface area contributed by atoms with Gasteiger partial charge in [0.15, 0.2) is 8.32 Å². The Hall–Kier alpha value is 0.177. The molecule has 0 aromatic heterocycles. The summed E-state index contributed by atoms with van der Waals surface area (Å²) in [5.41, 5.74) is 0.325. The van der Waals surface area contributed by atoms with Gasteiger partial charge in [-0.05, 0) is 44.3 Å². The van der Waals surface area contributed by atoms with Crippen LogP contribution in [0.5, 0.6) is 0 Å². The second-order valence-electron chi connectivity index (χ2n) is 6.12. The second-order valence-corrected chi connectivity index (χ2v) is 10.3. The molecule has 0 aromatic carbocycles. The minimum Gasteiger partial charge on any atom is -0.412 e. The summed E-state index contributed by atoms with van der Waals surface area (Å²) in [5, 5.41) is 0. The highest BCUT2D eigenvalue weighted by Crippen LogP contribution is 2.45. The third-order valence-corrected chi connectivity index (χ3v) is 6.48. The van der Waals surface area contributed by atoms with E-state index in [-0.39, 0.29) is 0 Å². The van der Waals surface area contributed by atoms with Gasteiger partial charge < -0.3 is 4.43 Å². The summed E-state index contributed by atoms with van der Waals surface area (Å²) in [6.07, 6.45) is 8.25. The molecule has 1 heterocycles. The zero-order valence-corrected chi connectivity index (χ0v) is 10.9. The van der Waals surface area contributed by atoms with Crippen molar-refractivity contribution in [3.05, 3.63) is 0 Å². The summed E-state index contributed by atoms with van der Waals surface area (Å²) in [6.45, 7) is 7.23. The maximum absolute atomic E-state index is 6.51. The van der Waals surface area contributed by atoms with Crippen molar-refractivity contribution in [2.75, 3.05) is 0 Å². The predicted molar refractivity (Wildman–Crippen MR) is 63.0 cm³/mol. The topological polar surface area (TPSA) is 9.23 Å². The first-order chi connectivity index (χ1) is 6.52. The summed E-state index contributed by atoms with van der Waals surface area (Å²) in [4.78, 5) is 0. The number of hydrogen-bond acceptors (Lipinski definition) is 1. The van der Waals surface area contributed by atoms with Crippen molar-refractivity contribution in [3.8, 4) is 0 Å².